The van der Waals surface area contributed by atoms with E-state index in [9.17, 15) is 9.59 Å². The van der Waals surface area contributed by atoms with E-state index in [2.05, 4.69) is 15.6 Å². The first-order chi connectivity index (χ1) is 14.0. The molecule has 0 bridgehead atoms. The smallest absolute Gasteiger partial charge is 0.323 e. The lowest BCUT2D eigenvalue weighted by Crippen LogP contribution is -2.19. The third kappa shape index (κ3) is 3.87. The molecule has 8 heteroatoms. The Labute approximate surface area is 170 Å². The van der Waals surface area contributed by atoms with E-state index in [4.69, 9.17) is 11.5 Å². The summed E-state index contributed by atoms with van der Waals surface area (Å²) in [4.78, 5) is 28.3. The van der Waals surface area contributed by atoms with Crippen molar-refractivity contribution in [1.29, 1.82) is 0 Å². The normalized spacial score (nSPS) is 10.6. The Morgan fingerprint density at radius 2 is 1.59 bits per heavy atom. The lowest BCUT2D eigenvalue weighted by molar-refractivity contribution is 0.100. The number of rotatable bonds is 4. The molecule has 0 radical (unpaired) electrons. The maximum Gasteiger partial charge on any atom is 0.323 e. The first-order valence-electron chi connectivity index (χ1n) is 8.72. The third-order valence-electron chi connectivity index (χ3n) is 4.32. The Morgan fingerprint density at radius 3 is 2.24 bits per heavy atom. The summed E-state index contributed by atoms with van der Waals surface area (Å²) in [5.41, 5.74) is 14.4. The topological polar surface area (TPSA) is 123 Å². The Bertz CT molecular complexity index is 1200. The number of primary amides is 1. The highest BCUT2D eigenvalue weighted by molar-refractivity contribution is 7.21. The lowest BCUT2D eigenvalue weighted by Gasteiger charge is -2.09. The highest BCUT2D eigenvalue weighted by Crippen LogP contribution is 2.36. The van der Waals surface area contributed by atoms with Gasteiger partial charge in [-0.1, -0.05) is 30.3 Å². The van der Waals surface area contributed by atoms with E-state index in [1.807, 2.05) is 42.5 Å². The van der Waals surface area contributed by atoms with Crippen LogP contribution in [0.5, 0.6) is 0 Å². The molecule has 4 aromatic rings. The monoisotopic (exact) mass is 403 g/mol. The standard InChI is InChI=1S/C21H17N5O2S/c22-19-18-15(10-17(29-18)20(23)27)16(11-24-19)12-6-8-14(9-7-12)26-21(28)25-13-4-2-1-3-5-13/h1-11H,(H2,22,24)(H2,23,27)(H2,25,26,28). The van der Waals surface area contributed by atoms with Crippen molar-refractivity contribution < 1.29 is 9.59 Å². The average Bonchev–Trinajstić information content (AvgIpc) is 3.17. The molecule has 144 valence electrons. The summed E-state index contributed by atoms with van der Waals surface area (Å²) in [7, 11) is 0. The molecule has 0 atom stereocenters. The fourth-order valence-corrected chi connectivity index (χ4v) is 3.88. The summed E-state index contributed by atoms with van der Waals surface area (Å²) in [5, 5.41) is 6.37. The van der Waals surface area contributed by atoms with E-state index in [1.165, 1.54) is 11.3 Å². The van der Waals surface area contributed by atoms with Crippen molar-refractivity contribution in [2.45, 2.75) is 0 Å². The summed E-state index contributed by atoms with van der Waals surface area (Å²) in [6, 6.07) is 17.9. The van der Waals surface area contributed by atoms with Crippen LogP contribution in [0, 0.1) is 0 Å². The number of thiophene rings is 1. The van der Waals surface area contributed by atoms with Gasteiger partial charge in [-0.25, -0.2) is 9.78 Å². The minimum Gasteiger partial charge on any atom is -0.383 e. The number of aromatic nitrogens is 1. The number of nitrogens with two attached hydrogens (primary N) is 2. The van der Waals surface area contributed by atoms with Gasteiger partial charge in [-0.05, 0) is 35.9 Å². The number of pyridine rings is 1. The molecule has 4 rings (SSSR count). The van der Waals surface area contributed by atoms with Crippen LogP contribution in [0.3, 0.4) is 0 Å². The van der Waals surface area contributed by atoms with Gasteiger partial charge in [0.25, 0.3) is 5.91 Å². The lowest BCUT2D eigenvalue weighted by atomic mass is 10.0. The number of hydrogen-bond donors (Lipinski definition) is 4. The van der Waals surface area contributed by atoms with Gasteiger partial charge in [-0.15, -0.1) is 11.3 Å². The molecule has 0 aliphatic heterocycles. The molecule has 2 aromatic heterocycles. The maximum absolute atomic E-state index is 12.1. The minimum absolute atomic E-state index is 0.329. The zero-order valence-electron chi connectivity index (χ0n) is 15.2. The summed E-state index contributed by atoms with van der Waals surface area (Å²) >= 11 is 1.23. The first kappa shape index (κ1) is 18.5. The summed E-state index contributed by atoms with van der Waals surface area (Å²) in [6.45, 7) is 0. The second kappa shape index (κ2) is 7.61. The van der Waals surface area contributed by atoms with Crippen molar-refractivity contribution in [3.8, 4) is 11.1 Å². The molecule has 29 heavy (non-hydrogen) atoms. The van der Waals surface area contributed by atoms with Crippen molar-refractivity contribution >= 4 is 50.6 Å². The number of amides is 3. The van der Waals surface area contributed by atoms with Crippen LogP contribution in [0.4, 0.5) is 22.0 Å². The molecule has 0 aliphatic rings. The molecular formula is C21H17N5O2S. The molecule has 0 unspecified atom stereocenters. The highest BCUT2D eigenvalue weighted by atomic mass is 32.1. The molecular weight excluding hydrogens is 386 g/mol. The molecule has 2 aromatic carbocycles. The van der Waals surface area contributed by atoms with E-state index in [1.54, 1.807) is 24.4 Å². The second-order valence-corrected chi connectivity index (χ2v) is 7.35. The van der Waals surface area contributed by atoms with Crippen molar-refractivity contribution in [3.05, 3.63) is 71.7 Å². The van der Waals surface area contributed by atoms with Gasteiger partial charge in [-0.3, -0.25) is 4.79 Å². The number of benzene rings is 2. The van der Waals surface area contributed by atoms with Crippen LogP contribution in [0.1, 0.15) is 9.67 Å². The molecule has 0 saturated heterocycles. The quantitative estimate of drug-likeness (QED) is 0.406. The number of nitrogen functional groups attached to an aromatic ring is 1. The SMILES string of the molecule is NC(=O)c1cc2c(-c3ccc(NC(=O)Nc4ccccc4)cc3)cnc(N)c2s1. The molecule has 0 saturated carbocycles. The third-order valence-corrected chi connectivity index (χ3v) is 5.49. The van der Waals surface area contributed by atoms with Crippen molar-refractivity contribution in [1.82, 2.24) is 4.98 Å². The number of carbonyl (C=O) groups is 2. The van der Waals surface area contributed by atoms with Gasteiger partial charge in [0.2, 0.25) is 0 Å². The Kier molecular flexibility index (Phi) is 4.84. The molecule has 2 heterocycles. The van der Waals surface area contributed by atoms with Gasteiger partial charge in [-0.2, -0.15) is 0 Å². The summed E-state index contributed by atoms with van der Waals surface area (Å²) in [6.07, 6.45) is 1.67. The van der Waals surface area contributed by atoms with Gasteiger partial charge in [0.15, 0.2) is 0 Å². The van der Waals surface area contributed by atoms with Gasteiger partial charge in [0.05, 0.1) is 9.58 Å². The van der Waals surface area contributed by atoms with E-state index < -0.39 is 5.91 Å². The number of anilines is 3. The molecule has 7 nitrogen and oxygen atoms in total. The molecule has 0 fully saturated rings. The van der Waals surface area contributed by atoms with Crippen LogP contribution in [0.25, 0.3) is 21.2 Å². The van der Waals surface area contributed by atoms with Crippen LogP contribution in [-0.2, 0) is 0 Å². The zero-order chi connectivity index (χ0) is 20.4. The number of urea groups is 1. The fraction of sp³-hybridized carbons (Fsp3) is 0. The van der Waals surface area contributed by atoms with Gasteiger partial charge >= 0.3 is 6.03 Å². The largest absolute Gasteiger partial charge is 0.383 e. The van der Waals surface area contributed by atoms with E-state index in [0.717, 1.165) is 21.2 Å². The number of carbonyl (C=O) groups excluding carboxylic acids is 2. The van der Waals surface area contributed by atoms with E-state index in [0.29, 0.717) is 22.1 Å². The maximum atomic E-state index is 12.1. The number of para-hydroxylation sites is 1. The van der Waals surface area contributed by atoms with Crippen LogP contribution in [0.15, 0.2) is 66.9 Å². The fourth-order valence-electron chi connectivity index (χ4n) is 2.94. The second-order valence-electron chi connectivity index (χ2n) is 6.30. The molecule has 0 spiro atoms. The average molecular weight is 403 g/mol. The van der Waals surface area contributed by atoms with Crippen molar-refractivity contribution in [2.24, 2.45) is 5.73 Å². The van der Waals surface area contributed by atoms with Crippen LogP contribution in [-0.4, -0.2) is 16.9 Å². The van der Waals surface area contributed by atoms with Crippen LogP contribution in [0.2, 0.25) is 0 Å². The van der Waals surface area contributed by atoms with Crippen molar-refractivity contribution in [2.75, 3.05) is 16.4 Å². The summed E-state index contributed by atoms with van der Waals surface area (Å²) < 4.78 is 0.723. The van der Waals surface area contributed by atoms with Gasteiger partial charge in [0, 0.05) is 28.5 Å². The van der Waals surface area contributed by atoms with Crippen molar-refractivity contribution in [3.63, 3.8) is 0 Å². The molecule has 3 amide bonds. The Morgan fingerprint density at radius 1 is 0.931 bits per heavy atom. The highest BCUT2D eigenvalue weighted by Gasteiger charge is 2.14. The minimum atomic E-state index is -0.500. The van der Waals surface area contributed by atoms with Gasteiger partial charge < -0.3 is 22.1 Å². The Balaban J connectivity index is 1.57. The first-order valence-corrected chi connectivity index (χ1v) is 9.54. The number of nitrogens with zero attached hydrogens (tertiary/aromatic N) is 1. The van der Waals surface area contributed by atoms with Gasteiger partial charge in [0.1, 0.15) is 5.82 Å². The molecule has 6 N–H and O–H groups in total. The van der Waals surface area contributed by atoms with E-state index in [-0.39, 0.29) is 6.03 Å². The van der Waals surface area contributed by atoms with Crippen LogP contribution >= 0.6 is 11.3 Å². The number of nitrogens with one attached hydrogen (secondary N) is 2. The van der Waals surface area contributed by atoms with Crippen LogP contribution < -0.4 is 22.1 Å². The summed E-state index contributed by atoms with van der Waals surface area (Å²) in [5.74, 6) is -0.141. The number of fused-ring (bicyclic) bond motifs is 1. The predicted octanol–water partition coefficient (Wildman–Crippen LogP) is 4.29. The molecule has 0 aliphatic carbocycles. The predicted molar refractivity (Wildman–Crippen MR) is 117 cm³/mol. The number of hydrogen-bond acceptors (Lipinski definition) is 5. The van der Waals surface area contributed by atoms with E-state index >= 15 is 0 Å². The zero-order valence-corrected chi connectivity index (χ0v) is 16.0. The Hall–Kier alpha value is -3.91.